The molecule has 0 fully saturated rings. The molecule has 0 saturated carbocycles. The highest BCUT2D eigenvalue weighted by Crippen LogP contribution is 2.27. The molecule has 2 heterocycles. The van der Waals surface area contributed by atoms with Crippen LogP contribution in [0.3, 0.4) is 0 Å². The number of hydrogen-bond acceptors (Lipinski definition) is 5. The SMILES string of the molecule is COCc1nc(-c2ccncc2)sc1C(=N)N. The summed E-state index contributed by atoms with van der Waals surface area (Å²) in [5.74, 6) is 0.0230. The van der Waals surface area contributed by atoms with Crippen molar-refractivity contribution in [2.45, 2.75) is 6.61 Å². The van der Waals surface area contributed by atoms with Crippen LogP contribution in [0.2, 0.25) is 0 Å². The first-order valence-electron chi connectivity index (χ1n) is 4.96. The Balaban J connectivity index is 2.44. The van der Waals surface area contributed by atoms with Gasteiger partial charge in [0.25, 0.3) is 0 Å². The number of pyridine rings is 1. The fourth-order valence-electron chi connectivity index (χ4n) is 1.41. The summed E-state index contributed by atoms with van der Waals surface area (Å²) in [6.45, 7) is 0.358. The van der Waals surface area contributed by atoms with E-state index in [1.54, 1.807) is 19.5 Å². The monoisotopic (exact) mass is 248 g/mol. The van der Waals surface area contributed by atoms with Crippen molar-refractivity contribution in [2.75, 3.05) is 7.11 Å². The van der Waals surface area contributed by atoms with E-state index < -0.39 is 0 Å². The first-order chi connectivity index (χ1) is 8.22. The zero-order chi connectivity index (χ0) is 12.3. The molecule has 0 aliphatic rings. The minimum absolute atomic E-state index is 0.0230. The number of nitrogens with zero attached hydrogens (tertiary/aromatic N) is 2. The lowest BCUT2D eigenvalue weighted by molar-refractivity contribution is 0.182. The van der Waals surface area contributed by atoms with Crippen molar-refractivity contribution in [3.8, 4) is 10.6 Å². The third-order valence-electron chi connectivity index (χ3n) is 2.15. The summed E-state index contributed by atoms with van der Waals surface area (Å²) >= 11 is 1.39. The van der Waals surface area contributed by atoms with E-state index in [4.69, 9.17) is 15.9 Å². The van der Waals surface area contributed by atoms with Crippen LogP contribution >= 0.6 is 11.3 Å². The molecule has 0 atom stereocenters. The maximum absolute atomic E-state index is 7.51. The number of amidine groups is 1. The van der Waals surface area contributed by atoms with E-state index in [-0.39, 0.29) is 5.84 Å². The van der Waals surface area contributed by atoms with Crippen molar-refractivity contribution in [1.82, 2.24) is 9.97 Å². The molecule has 0 radical (unpaired) electrons. The van der Waals surface area contributed by atoms with E-state index in [0.717, 1.165) is 10.6 Å². The fraction of sp³-hybridized carbons (Fsp3) is 0.182. The summed E-state index contributed by atoms with van der Waals surface area (Å²) in [4.78, 5) is 9.06. The largest absolute Gasteiger partial charge is 0.383 e. The standard InChI is InChI=1S/C11H12N4OS/c1-16-6-8-9(10(12)13)17-11(15-8)7-2-4-14-5-3-7/h2-5H,6H2,1H3,(H3,12,13). The summed E-state index contributed by atoms with van der Waals surface area (Å²) in [6.07, 6.45) is 3.42. The Morgan fingerprint density at radius 3 is 2.76 bits per heavy atom. The van der Waals surface area contributed by atoms with Crippen LogP contribution in [0.5, 0.6) is 0 Å². The topological polar surface area (TPSA) is 84.9 Å². The first kappa shape index (κ1) is 11.7. The molecular weight excluding hydrogens is 236 g/mol. The molecule has 3 N–H and O–H groups in total. The number of thiazole rings is 1. The first-order valence-corrected chi connectivity index (χ1v) is 5.77. The van der Waals surface area contributed by atoms with E-state index in [2.05, 4.69) is 9.97 Å². The van der Waals surface area contributed by atoms with Gasteiger partial charge in [-0.3, -0.25) is 10.4 Å². The lowest BCUT2D eigenvalue weighted by atomic mass is 10.3. The molecule has 0 aliphatic carbocycles. The second-order valence-electron chi connectivity index (χ2n) is 3.38. The minimum Gasteiger partial charge on any atom is -0.383 e. The average molecular weight is 248 g/mol. The lowest BCUT2D eigenvalue weighted by Crippen LogP contribution is -2.11. The molecule has 5 nitrogen and oxygen atoms in total. The molecule has 0 saturated heterocycles. The smallest absolute Gasteiger partial charge is 0.135 e. The molecule has 0 aliphatic heterocycles. The molecule has 2 rings (SSSR count). The van der Waals surface area contributed by atoms with E-state index in [1.165, 1.54) is 11.3 Å². The number of nitrogen functional groups attached to an aromatic ring is 1. The van der Waals surface area contributed by atoms with Crippen LogP contribution in [0.15, 0.2) is 24.5 Å². The maximum atomic E-state index is 7.51. The van der Waals surface area contributed by atoms with Crippen LogP contribution in [-0.4, -0.2) is 22.9 Å². The third-order valence-corrected chi connectivity index (χ3v) is 3.33. The van der Waals surface area contributed by atoms with Gasteiger partial charge in [0.05, 0.1) is 17.2 Å². The van der Waals surface area contributed by atoms with Gasteiger partial charge in [-0.25, -0.2) is 4.98 Å². The van der Waals surface area contributed by atoms with Gasteiger partial charge in [0.1, 0.15) is 10.8 Å². The highest BCUT2D eigenvalue weighted by molar-refractivity contribution is 7.17. The Morgan fingerprint density at radius 1 is 1.47 bits per heavy atom. The number of nitrogens with one attached hydrogen (secondary N) is 1. The quantitative estimate of drug-likeness (QED) is 0.636. The molecule has 0 amide bonds. The molecule has 0 unspecified atom stereocenters. The zero-order valence-electron chi connectivity index (χ0n) is 9.30. The zero-order valence-corrected chi connectivity index (χ0v) is 10.1. The van der Waals surface area contributed by atoms with Crippen molar-refractivity contribution in [2.24, 2.45) is 5.73 Å². The summed E-state index contributed by atoms with van der Waals surface area (Å²) in [5.41, 5.74) is 7.19. The molecule has 0 spiro atoms. The van der Waals surface area contributed by atoms with Gasteiger partial charge in [-0.05, 0) is 12.1 Å². The molecule has 0 aromatic carbocycles. The average Bonchev–Trinajstić information content (AvgIpc) is 2.75. The second kappa shape index (κ2) is 5.03. The molecule has 88 valence electrons. The Labute approximate surface area is 103 Å². The number of rotatable bonds is 4. The van der Waals surface area contributed by atoms with Gasteiger partial charge in [-0.2, -0.15) is 0 Å². The maximum Gasteiger partial charge on any atom is 0.135 e. The Morgan fingerprint density at radius 2 is 2.18 bits per heavy atom. The van der Waals surface area contributed by atoms with Gasteiger partial charge in [0.15, 0.2) is 0 Å². The van der Waals surface area contributed by atoms with Gasteiger partial charge in [-0.15, -0.1) is 11.3 Å². The number of aromatic nitrogens is 2. The molecule has 17 heavy (non-hydrogen) atoms. The third kappa shape index (κ3) is 2.48. The fourth-order valence-corrected chi connectivity index (χ4v) is 2.35. The number of ether oxygens (including phenoxy) is 1. The summed E-state index contributed by atoms with van der Waals surface area (Å²) < 4.78 is 5.05. The Hall–Kier alpha value is -1.79. The van der Waals surface area contributed by atoms with Gasteiger partial charge in [0.2, 0.25) is 0 Å². The van der Waals surface area contributed by atoms with Crippen LogP contribution in [0.25, 0.3) is 10.6 Å². The van der Waals surface area contributed by atoms with Crippen molar-refractivity contribution in [3.63, 3.8) is 0 Å². The predicted octanol–water partition coefficient (Wildman–Crippen LogP) is 1.64. The van der Waals surface area contributed by atoms with Gasteiger partial charge in [0, 0.05) is 25.1 Å². The summed E-state index contributed by atoms with van der Waals surface area (Å²) in [5, 5.41) is 8.33. The van der Waals surface area contributed by atoms with E-state index in [9.17, 15) is 0 Å². The minimum atomic E-state index is 0.0230. The highest BCUT2D eigenvalue weighted by atomic mass is 32.1. The van der Waals surface area contributed by atoms with Crippen molar-refractivity contribution < 1.29 is 4.74 Å². The molecule has 6 heteroatoms. The van der Waals surface area contributed by atoms with E-state index >= 15 is 0 Å². The Bertz CT molecular complexity index is 524. The van der Waals surface area contributed by atoms with Gasteiger partial charge < -0.3 is 10.5 Å². The van der Waals surface area contributed by atoms with E-state index in [1.807, 2.05) is 12.1 Å². The van der Waals surface area contributed by atoms with Crippen molar-refractivity contribution in [3.05, 3.63) is 35.1 Å². The van der Waals surface area contributed by atoms with Gasteiger partial charge in [-0.1, -0.05) is 0 Å². The normalized spacial score (nSPS) is 10.4. The number of hydrogen-bond donors (Lipinski definition) is 2. The lowest BCUT2D eigenvalue weighted by Gasteiger charge is -1.97. The van der Waals surface area contributed by atoms with Crippen molar-refractivity contribution >= 4 is 17.2 Å². The molecule has 2 aromatic heterocycles. The van der Waals surface area contributed by atoms with Crippen LogP contribution in [0.4, 0.5) is 0 Å². The molecular formula is C11H12N4OS. The van der Waals surface area contributed by atoms with Crippen LogP contribution in [0, 0.1) is 5.41 Å². The summed E-state index contributed by atoms with van der Waals surface area (Å²) in [7, 11) is 1.59. The van der Waals surface area contributed by atoms with E-state index in [0.29, 0.717) is 17.2 Å². The van der Waals surface area contributed by atoms with Crippen LogP contribution < -0.4 is 5.73 Å². The second-order valence-corrected chi connectivity index (χ2v) is 4.38. The van der Waals surface area contributed by atoms with Gasteiger partial charge >= 0.3 is 0 Å². The van der Waals surface area contributed by atoms with Crippen LogP contribution in [0.1, 0.15) is 10.6 Å². The predicted molar refractivity (Wildman–Crippen MR) is 67.1 cm³/mol. The molecule has 0 bridgehead atoms. The molecule has 2 aromatic rings. The Kier molecular flexibility index (Phi) is 3.46. The van der Waals surface area contributed by atoms with Crippen molar-refractivity contribution in [1.29, 1.82) is 5.41 Å². The summed E-state index contributed by atoms with van der Waals surface area (Å²) in [6, 6.07) is 3.75. The number of methoxy groups -OCH3 is 1. The highest BCUT2D eigenvalue weighted by Gasteiger charge is 2.14. The number of nitrogens with two attached hydrogens (primary N) is 1. The van der Waals surface area contributed by atoms with Crippen LogP contribution in [-0.2, 0) is 11.3 Å².